The van der Waals surface area contributed by atoms with Gasteiger partial charge in [-0.25, -0.2) is 4.98 Å². The summed E-state index contributed by atoms with van der Waals surface area (Å²) in [4.78, 5) is 10.3. The molecule has 0 unspecified atom stereocenters. The summed E-state index contributed by atoms with van der Waals surface area (Å²) in [6.07, 6.45) is 5.79. The van der Waals surface area contributed by atoms with E-state index in [2.05, 4.69) is 53.1 Å². The average molecular weight is 340 g/mol. The van der Waals surface area contributed by atoms with E-state index < -0.39 is 0 Å². The Balaban J connectivity index is 1.24. The lowest BCUT2D eigenvalue weighted by atomic mass is 10.1. The third-order valence-electron chi connectivity index (χ3n) is 4.51. The molecule has 1 fully saturated rings. The van der Waals surface area contributed by atoms with Gasteiger partial charge in [-0.05, 0) is 19.2 Å². The lowest BCUT2D eigenvalue weighted by molar-refractivity contribution is 0.195. The van der Waals surface area contributed by atoms with Crippen LogP contribution < -0.4 is 4.90 Å². The molecule has 4 aromatic rings. The van der Waals surface area contributed by atoms with Gasteiger partial charge in [0, 0.05) is 43.4 Å². The van der Waals surface area contributed by atoms with Crippen molar-refractivity contribution in [1.29, 1.82) is 0 Å². The van der Waals surface area contributed by atoms with Crippen LogP contribution in [0.4, 0.5) is 5.82 Å². The number of imidazole rings is 1. The number of aromatic nitrogens is 6. The normalized spacial score (nSPS) is 15.7. The minimum atomic E-state index is 0.517. The van der Waals surface area contributed by atoms with Gasteiger partial charge in [-0.1, -0.05) is 0 Å². The molecule has 122 valence electrons. The van der Waals surface area contributed by atoms with Gasteiger partial charge in [-0.2, -0.15) is 4.52 Å². The highest BCUT2D eigenvalue weighted by atomic mass is 32.1. The van der Waals surface area contributed by atoms with Crippen LogP contribution in [0, 0.1) is 0 Å². The van der Waals surface area contributed by atoms with E-state index >= 15 is 0 Å². The first-order valence-electron chi connectivity index (χ1n) is 7.79. The number of nitrogens with zero attached hydrogens (tertiary/aromatic N) is 8. The van der Waals surface area contributed by atoms with E-state index in [4.69, 9.17) is 0 Å². The summed E-state index contributed by atoms with van der Waals surface area (Å²) in [6, 6.07) is 4.47. The van der Waals surface area contributed by atoms with Crippen LogP contribution in [0.25, 0.3) is 10.6 Å². The van der Waals surface area contributed by atoms with Crippen LogP contribution >= 0.6 is 11.3 Å². The molecule has 0 bridgehead atoms. The first-order valence-corrected chi connectivity index (χ1v) is 8.67. The van der Waals surface area contributed by atoms with Gasteiger partial charge in [-0.15, -0.1) is 26.6 Å². The van der Waals surface area contributed by atoms with Crippen LogP contribution in [0.15, 0.2) is 36.2 Å². The summed E-state index contributed by atoms with van der Waals surface area (Å²) in [5, 5.41) is 14.4. The maximum atomic E-state index is 4.66. The van der Waals surface area contributed by atoms with E-state index in [0.29, 0.717) is 6.04 Å². The Morgan fingerprint density at radius 3 is 3.12 bits per heavy atom. The highest BCUT2D eigenvalue weighted by Crippen LogP contribution is 2.22. The van der Waals surface area contributed by atoms with Crippen molar-refractivity contribution in [2.45, 2.75) is 12.6 Å². The molecule has 8 nitrogen and oxygen atoms in total. The number of anilines is 1. The first-order chi connectivity index (χ1) is 11.8. The van der Waals surface area contributed by atoms with Gasteiger partial charge in [0.05, 0.1) is 5.69 Å². The van der Waals surface area contributed by atoms with Gasteiger partial charge < -0.3 is 4.90 Å². The fraction of sp³-hybridized carbons (Fsp3) is 0.333. The maximum absolute atomic E-state index is 4.66. The molecule has 0 saturated carbocycles. The molecular weight excluding hydrogens is 324 g/mol. The van der Waals surface area contributed by atoms with Crippen LogP contribution in [0.3, 0.4) is 0 Å². The van der Waals surface area contributed by atoms with Gasteiger partial charge >= 0.3 is 0 Å². The zero-order chi connectivity index (χ0) is 16.1. The second kappa shape index (κ2) is 5.25. The van der Waals surface area contributed by atoms with E-state index in [1.807, 2.05) is 18.3 Å². The van der Waals surface area contributed by atoms with Gasteiger partial charge in [0.1, 0.15) is 12.1 Å². The molecule has 5 rings (SSSR count). The molecule has 0 atom stereocenters. The standard InChI is InChI=1S/C15H16N8S/c1-20(6-11-7-21-4-5-24-15(21)17-11)12-8-22(9-12)14-3-2-13-18-16-10-23(13)19-14/h2-5,7,10,12H,6,8-9H2,1H3. The fourth-order valence-electron chi connectivity index (χ4n) is 3.05. The van der Waals surface area contributed by atoms with Gasteiger partial charge in [0.25, 0.3) is 0 Å². The van der Waals surface area contributed by atoms with Crippen molar-refractivity contribution in [1.82, 2.24) is 34.1 Å². The van der Waals surface area contributed by atoms with Crippen LogP contribution in [-0.2, 0) is 6.54 Å². The number of hydrogen-bond donors (Lipinski definition) is 0. The largest absolute Gasteiger partial charge is 0.352 e. The van der Waals surface area contributed by atoms with Gasteiger partial charge in [-0.3, -0.25) is 9.30 Å². The first kappa shape index (κ1) is 13.9. The molecule has 0 aromatic carbocycles. The SMILES string of the molecule is CN(Cc1cn2ccsc2n1)C1CN(c2ccc3nncn3n2)C1. The molecule has 0 N–H and O–H groups in total. The lowest BCUT2D eigenvalue weighted by Gasteiger charge is -2.44. The fourth-order valence-corrected chi connectivity index (χ4v) is 3.76. The van der Waals surface area contributed by atoms with Crippen molar-refractivity contribution in [3.05, 3.63) is 41.9 Å². The third kappa shape index (κ3) is 2.24. The Labute approximate surface area is 142 Å². The molecule has 1 aliphatic heterocycles. The molecule has 0 aliphatic carbocycles. The molecule has 5 heterocycles. The molecule has 0 spiro atoms. The minimum Gasteiger partial charge on any atom is -0.352 e. The second-order valence-electron chi connectivity index (χ2n) is 6.12. The minimum absolute atomic E-state index is 0.517. The molecule has 9 heteroatoms. The Morgan fingerprint density at radius 2 is 2.25 bits per heavy atom. The van der Waals surface area contributed by atoms with Crippen molar-refractivity contribution in [3.8, 4) is 0 Å². The average Bonchev–Trinajstić information content (AvgIpc) is 3.19. The zero-order valence-electron chi connectivity index (χ0n) is 13.1. The van der Waals surface area contributed by atoms with Crippen molar-refractivity contribution < 1.29 is 0 Å². The van der Waals surface area contributed by atoms with Crippen molar-refractivity contribution in [2.75, 3.05) is 25.0 Å². The second-order valence-corrected chi connectivity index (χ2v) is 7.00. The Bertz CT molecular complexity index is 967. The smallest absolute Gasteiger partial charge is 0.193 e. The lowest BCUT2D eigenvalue weighted by Crippen LogP contribution is -2.58. The monoisotopic (exact) mass is 340 g/mol. The Morgan fingerprint density at radius 1 is 1.33 bits per heavy atom. The molecule has 1 saturated heterocycles. The van der Waals surface area contributed by atoms with Crippen LogP contribution in [-0.4, -0.2) is 60.3 Å². The number of likely N-dealkylation sites (N-methyl/N-ethyl adjacent to an activating group) is 1. The molecule has 1 aliphatic rings. The Kier molecular flexibility index (Phi) is 3.03. The number of rotatable bonds is 4. The van der Waals surface area contributed by atoms with Crippen molar-refractivity contribution in [2.24, 2.45) is 0 Å². The summed E-state index contributed by atoms with van der Waals surface area (Å²) in [5.74, 6) is 0.967. The van der Waals surface area contributed by atoms with Crippen molar-refractivity contribution >= 4 is 27.8 Å². The predicted octanol–water partition coefficient (Wildman–Crippen LogP) is 1.15. The van der Waals surface area contributed by atoms with Gasteiger partial charge in [0.15, 0.2) is 10.6 Å². The van der Waals surface area contributed by atoms with E-state index in [1.165, 1.54) is 0 Å². The number of fused-ring (bicyclic) bond motifs is 2. The quantitative estimate of drug-likeness (QED) is 0.555. The maximum Gasteiger partial charge on any atom is 0.193 e. The van der Waals surface area contributed by atoms with Gasteiger partial charge in [0.2, 0.25) is 0 Å². The predicted molar refractivity (Wildman–Crippen MR) is 91.3 cm³/mol. The van der Waals surface area contributed by atoms with Crippen molar-refractivity contribution in [3.63, 3.8) is 0 Å². The molecule has 0 amide bonds. The highest BCUT2D eigenvalue weighted by molar-refractivity contribution is 7.15. The topological polar surface area (TPSA) is 66.9 Å². The summed E-state index contributed by atoms with van der Waals surface area (Å²) < 4.78 is 3.80. The molecule has 4 aromatic heterocycles. The van der Waals surface area contributed by atoms with Crippen LogP contribution in [0.1, 0.15) is 5.69 Å². The molecule has 0 radical (unpaired) electrons. The third-order valence-corrected chi connectivity index (χ3v) is 5.28. The molecular formula is C15H16N8S. The van der Waals surface area contributed by atoms with Crippen LogP contribution in [0.2, 0.25) is 0 Å². The zero-order valence-corrected chi connectivity index (χ0v) is 14.0. The van der Waals surface area contributed by atoms with Crippen LogP contribution in [0.5, 0.6) is 0 Å². The van der Waals surface area contributed by atoms with E-state index in [1.54, 1.807) is 22.2 Å². The van der Waals surface area contributed by atoms with E-state index in [0.717, 1.165) is 41.8 Å². The van der Waals surface area contributed by atoms with E-state index in [9.17, 15) is 0 Å². The number of thiazole rings is 1. The Hall–Kier alpha value is -2.52. The summed E-state index contributed by atoms with van der Waals surface area (Å²) >= 11 is 1.67. The molecule has 24 heavy (non-hydrogen) atoms. The number of hydrogen-bond acceptors (Lipinski definition) is 7. The summed E-state index contributed by atoms with van der Waals surface area (Å²) in [5.41, 5.74) is 1.89. The summed E-state index contributed by atoms with van der Waals surface area (Å²) in [7, 11) is 2.16. The van der Waals surface area contributed by atoms with E-state index in [-0.39, 0.29) is 0 Å². The summed E-state index contributed by atoms with van der Waals surface area (Å²) in [6.45, 7) is 2.81. The highest BCUT2D eigenvalue weighted by Gasteiger charge is 2.31.